The molecule has 0 fully saturated rings. The van der Waals surface area contributed by atoms with Crippen molar-refractivity contribution in [3.8, 4) is 5.75 Å². The van der Waals surface area contributed by atoms with Crippen LogP contribution in [0.3, 0.4) is 0 Å². The number of pyridine rings is 1. The van der Waals surface area contributed by atoms with Crippen LogP contribution in [0.1, 0.15) is 21.5 Å². The van der Waals surface area contributed by atoms with Gasteiger partial charge in [-0.15, -0.1) is 0 Å². The van der Waals surface area contributed by atoms with Gasteiger partial charge in [-0.1, -0.05) is 24.3 Å². The Morgan fingerprint density at radius 3 is 2.64 bits per heavy atom. The minimum Gasteiger partial charge on any atom is -0.497 e. The molecule has 28 heavy (non-hydrogen) atoms. The van der Waals surface area contributed by atoms with Crippen LogP contribution in [0, 0.1) is 6.92 Å². The number of H-pyrrole nitrogens is 1. The number of methoxy groups -OCH3 is 2. The summed E-state index contributed by atoms with van der Waals surface area (Å²) in [6, 6.07) is 14.7. The van der Waals surface area contributed by atoms with Crippen molar-refractivity contribution in [1.82, 2.24) is 9.88 Å². The normalized spacial score (nSPS) is 10.8. The highest BCUT2D eigenvalue weighted by molar-refractivity contribution is 5.94. The number of ether oxygens (including phenoxy) is 2. The molecule has 6 nitrogen and oxygen atoms in total. The quantitative estimate of drug-likeness (QED) is 0.684. The van der Waals surface area contributed by atoms with Gasteiger partial charge < -0.3 is 19.4 Å². The standard InChI is InChI=1S/C22H24N2O4/c1-15-6-4-7-16-12-18(21(25)23-20(15)16)14-24(10-11-27-2)22(26)17-8-5-9-19(13-17)28-3/h4-9,12-13H,10-11,14H2,1-3H3,(H,23,25). The van der Waals surface area contributed by atoms with Gasteiger partial charge in [0.1, 0.15) is 5.75 Å². The van der Waals surface area contributed by atoms with Crippen LogP contribution in [-0.2, 0) is 11.3 Å². The molecule has 0 atom stereocenters. The minimum absolute atomic E-state index is 0.181. The topological polar surface area (TPSA) is 71.6 Å². The van der Waals surface area contributed by atoms with Gasteiger partial charge in [0.2, 0.25) is 0 Å². The molecule has 0 aliphatic heterocycles. The van der Waals surface area contributed by atoms with Crippen LogP contribution < -0.4 is 10.3 Å². The first-order valence-electron chi connectivity index (χ1n) is 9.07. The summed E-state index contributed by atoms with van der Waals surface area (Å²) in [4.78, 5) is 30.2. The number of rotatable bonds is 7. The number of nitrogens with zero attached hydrogens (tertiary/aromatic N) is 1. The molecule has 146 valence electrons. The molecule has 0 saturated heterocycles. The highest BCUT2D eigenvalue weighted by atomic mass is 16.5. The van der Waals surface area contributed by atoms with E-state index in [4.69, 9.17) is 9.47 Å². The molecule has 0 saturated carbocycles. The largest absolute Gasteiger partial charge is 0.497 e. The fourth-order valence-electron chi connectivity index (χ4n) is 3.14. The Balaban J connectivity index is 1.94. The minimum atomic E-state index is -0.192. The van der Waals surface area contributed by atoms with E-state index >= 15 is 0 Å². The summed E-state index contributed by atoms with van der Waals surface area (Å²) in [6.45, 7) is 2.89. The molecule has 0 aliphatic carbocycles. The zero-order chi connectivity index (χ0) is 20.1. The van der Waals surface area contributed by atoms with Crippen LogP contribution in [-0.4, -0.2) is 43.2 Å². The lowest BCUT2D eigenvalue weighted by atomic mass is 10.1. The maximum absolute atomic E-state index is 13.1. The molecule has 1 amide bonds. The zero-order valence-corrected chi connectivity index (χ0v) is 16.3. The van der Waals surface area contributed by atoms with E-state index in [0.717, 1.165) is 16.5 Å². The lowest BCUT2D eigenvalue weighted by Gasteiger charge is -2.22. The summed E-state index contributed by atoms with van der Waals surface area (Å²) in [6.07, 6.45) is 0. The first kappa shape index (κ1) is 19.6. The third-order valence-corrected chi connectivity index (χ3v) is 4.70. The lowest BCUT2D eigenvalue weighted by molar-refractivity contribution is 0.0679. The zero-order valence-electron chi connectivity index (χ0n) is 16.3. The molecule has 2 aromatic carbocycles. The van der Waals surface area contributed by atoms with Gasteiger partial charge in [-0.2, -0.15) is 0 Å². The van der Waals surface area contributed by atoms with Crippen molar-refractivity contribution in [3.05, 3.63) is 75.6 Å². The predicted molar refractivity (Wildman–Crippen MR) is 109 cm³/mol. The number of carbonyl (C=O) groups is 1. The van der Waals surface area contributed by atoms with E-state index in [9.17, 15) is 9.59 Å². The van der Waals surface area contributed by atoms with Gasteiger partial charge in [0.25, 0.3) is 11.5 Å². The Bertz CT molecular complexity index is 1040. The van der Waals surface area contributed by atoms with Crippen LogP contribution in [0.4, 0.5) is 0 Å². The molecule has 3 aromatic rings. The van der Waals surface area contributed by atoms with Crippen molar-refractivity contribution in [2.75, 3.05) is 27.4 Å². The molecule has 0 aliphatic rings. The van der Waals surface area contributed by atoms with Gasteiger partial charge in [-0.25, -0.2) is 0 Å². The molecule has 1 heterocycles. The molecule has 0 spiro atoms. The van der Waals surface area contributed by atoms with Crippen LogP contribution in [0.15, 0.2) is 53.3 Å². The van der Waals surface area contributed by atoms with E-state index in [0.29, 0.717) is 30.0 Å². The number of aromatic nitrogens is 1. The fourth-order valence-corrected chi connectivity index (χ4v) is 3.14. The Morgan fingerprint density at radius 2 is 1.89 bits per heavy atom. The van der Waals surface area contributed by atoms with Crippen molar-refractivity contribution in [2.45, 2.75) is 13.5 Å². The SMILES string of the molecule is COCCN(Cc1cc2cccc(C)c2[nH]c1=O)C(=O)c1cccc(OC)c1. The molecule has 3 rings (SSSR count). The highest BCUT2D eigenvalue weighted by Crippen LogP contribution is 2.18. The van der Waals surface area contributed by atoms with Crippen LogP contribution >= 0.6 is 0 Å². The van der Waals surface area contributed by atoms with E-state index in [1.807, 2.05) is 31.2 Å². The fraction of sp³-hybridized carbons (Fsp3) is 0.273. The number of fused-ring (bicyclic) bond motifs is 1. The summed E-state index contributed by atoms with van der Waals surface area (Å²) in [5.41, 5.74) is 2.67. The first-order valence-corrected chi connectivity index (χ1v) is 9.07. The lowest BCUT2D eigenvalue weighted by Crippen LogP contribution is -2.35. The van der Waals surface area contributed by atoms with Crippen molar-refractivity contribution >= 4 is 16.8 Å². The molecule has 1 aromatic heterocycles. The average molecular weight is 380 g/mol. The van der Waals surface area contributed by atoms with Gasteiger partial charge in [-0.05, 0) is 42.1 Å². The van der Waals surface area contributed by atoms with Crippen LogP contribution in [0.25, 0.3) is 10.9 Å². The monoisotopic (exact) mass is 380 g/mol. The summed E-state index contributed by atoms with van der Waals surface area (Å²) in [5.74, 6) is 0.427. The maximum Gasteiger partial charge on any atom is 0.254 e. The third-order valence-electron chi connectivity index (χ3n) is 4.70. The molecule has 0 bridgehead atoms. The summed E-state index contributed by atoms with van der Waals surface area (Å²) < 4.78 is 10.4. The second kappa shape index (κ2) is 8.71. The number of hydrogen-bond acceptors (Lipinski definition) is 4. The summed E-state index contributed by atoms with van der Waals surface area (Å²) >= 11 is 0. The number of para-hydroxylation sites is 1. The second-order valence-electron chi connectivity index (χ2n) is 6.61. The highest BCUT2D eigenvalue weighted by Gasteiger charge is 2.18. The number of benzene rings is 2. The van der Waals surface area contributed by atoms with E-state index in [2.05, 4.69) is 4.98 Å². The van der Waals surface area contributed by atoms with E-state index in [1.54, 1.807) is 43.4 Å². The molecule has 6 heteroatoms. The Kier molecular flexibility index (Phi) is 6.11. The van der Waals surface area contributed by atoms with Gasteiger partial charge in [0, 0.05) is 24.8 Å². The van der Waals surface area contributed by atoms with Gasteiger partial charge in [0.15, 0.2) is 0 Å². The maximum atomic E-state index is 13.1. The second-order valence-corrected chi connectivity index (χ2v) is 6.61. The van der Waals surface area contributed by atoms with E-state index in [1.165, 1.54) is 0 Å². The van der Waals surface area contributed by atoms with Crippen molar-refractivity contribution < 1.29 is 14.3 Å². The Hall–Kier alpha value is -3.12. The van der Waals surface area contributed by atoms with E-state index in [-0.39, 0.29) is 18.0 Å². The van der Waals surface area contributed by atoms with Crippen molar-refractivity contribution in [3.63, 3.8) is 0 Å². The number of nitrogens with one attached hydrogen (secondary N) is 1. The molecule has 1 N–H and O–H groups in total. The predicted octanol–water partition coefficient (Wildman–Crippen LogP) is 3.13. The number of amides is 1. The van der Waals surface area contributed by atoms with Gasteiger partial charge in [-0.3, -0.25) is 9.59 Å². The Morgan fingerprint density at radius 1 is 1.11 bits per heavy atom. The van der Waals surface area contributed by atoms with Crippen LogP contribution in [0.5, 0.6) is 5.75 Å². The van der Waals surface area contributed by atoms with Crippen molar-refractivity contribution in [1.29, 1.82) is 0 Å². The number of aryl methyl sites for hydroxylation is 1. The van der Waals surface area contributed by atoms with Gasteiger partial charge >= 0.3 is 0 Å². The number of carbonyl (C=O) groups excluding carboxylic acids is 1. The summed E-state index contributed by atoms with van der Waals surface area (Å²) in [5, 5.41) is 0.940. The van der Waals surface area contributed by atoms with Crippen molar-refractivity contribution in [2.24, 2.45) is 0 Å². The average Bonchev–Trinajstić information content (AvgIpc) is 2.71. The molecular formula is C22H24N2O4. The molecule has 0 unspecified atom stereocenters. The Labute approximate surface area is 163 Å². The first-order chi connectivity index (χ1) is 13.5. The van der Waals surface area contributed by atoms with E-state index < -0.39 is 0 Å². The number of hydrogen-bond donors (Lipinski definition) is 1. The molecular weight excluding hydrogens is 356 g/mol. The third kappa shape index (κ3) is 4.23. The smallest absolute Gasteiger partial charge is 0.254 e. The summed E-state index contributed by atoms with van der Waals surface area (Å²) in [7, 11) is 3.14. The van der Waals surface area contributed by atoms with Gasteiger partial charge in [0.05, 0.1) is 25.8 Å². The molecule has 0 radical (unpaired) electrons. The van der Waals surface area contributed by atoms with Crippen LogP contribution in [0.2, 0.25) is 0 Å². The number of aromatic amines is 1.